The zero-order chi connectivity index (χ0) is 21.6. The Morgan fingerprint density at radius 3 is 2.38 bits per heavy atom. The molecule has 2 aromatic carbocycles. The maximum Gasteiger partial charge on any atom is 0.341 e. The Kier molecular flexibility index (Phi) is 7.69. The number of benzene rings is 2. The molecular formula is C20H24F2N2O4S. The van der Waals surface area contributed by atoms with Crippen molar-refractivity contribution < 1.29 is 26.7 Å². The van der Waals surface area contributed by atoms with E-state index < -0.39 is 20.5 Å². The Labute approximate surface area is 169 Å². The lowest BCUT2D eigenvalue weighted by Crippen LogP contribution is -2.35. The van der Waals surface area contributed by atoms with E-state index in [0.29, 0.717) is 12.2 Å². The number of hydrogen-bond donors (Lipinski definition) is 1. The summed E-state index contributed by atoms with van der Waals surface area (Å²) in [6.07, 6.45) is 0. The van der Waals surface area contributed by atoms with E-state index in [4.69, 9.17) is 4.74 Å². The van der Waals surface area contributed by atoms with Crippen molar-refractivity contribution in [3.8, 4) is 5.75 Å². The van der Waals surface area contributed by atoms with Crippen LogP contribution in [-0.2, 0) is 14.6 Å². The fourth-order valence-electron chi connectivity index (χ4n) is 2.85. The smallest absolute Gasteiger partial charge is 0.341 e. The van der Waals surface area contributed by atoms with E-state index in [1.54, 1.807) is 7.11 Å². The Bertz CT molecular complexity index is 934. The number of carbonyl (C=O) groups is 1. The van der Waals surface area contributed by atoms with Gasteiger partial charge in [0, 0.05) is 11.7 Å². The van der Waals surface area contributed by atoms with Crippen LogP contribution in [0.1, 0.15) is 25.5 Å². The van der Waals surface area contributed by atoms with Crippen LogP contribution in [0.15, 0.2) is 53.4 Å². The quantitative estimate of drug-likeness (QED) is 0.662. The Morgan fingerprint density at radius 1 is 1.17 bits per heavy atom. The topological polar surface area (TPSA) is 75.7 Å². The van der Waals surface area contributed by atoms with Crippen LogP contribution < -0.4 is 10.1 Å². The number of methoxy groups -OCH3 is 1. The summed E-state index contributed by atoms with van der Waals surface area (Å²) in [6, 6.07) is 12.2. The molecule has 0 saturated carbocycles. The van der Waals surface area contributed by atoms with Crippen molar-refractivity contribution in [3.63, 3.8) is 0 Å². The molecule has 0 radical (unpaired) electrons. The third kappa shape index (κ3) is 5.74. The lowest BCUT2D eigenvalue weighted by atomic mass is 10.1. The molecule has 0 spiro atoms. The number of amides is 1. The van der Waals surface area contributed by atoms with Crippen LogP contribution in [0.25, 0.3) is 0 Å². The zero-order valence-electron chi connectivity index (χ0n) is 16.4. The minimum atomic E-state index is -4.66. The molecule has 0 aliphatic carbocycles. The first kappa shape index (κ1) is 22.8. The number of sulfone groups is 1. The number of rotatable bonds is 9. The molecule has 1 N–H and O–H groups in total. The molecule has 0 aliphatic heterocycles. The van der Waals surface area contributed by atoms with Gasteiger partial charge in [-0.1, -0.05) is 19.1 Å². The second-order valence-electron chi connectivity index (χ2n) is 6.39. The first-order valence-electron chi connectivity index (χ1n) is 8.99. The number of carbonyl (C=O) groups excluding carboxylic acids is 1. The maximum absolute atomic E-state index is 12.6. The van der Waals surface area contributed by atoms with Gasteiger partial charge in [0.2, 0.25) is 15.7 Å². The monoisotopic (exact) mass is 426 g/mol. The average Bonchev–Trinajstić information content (AvgIpc) is 2.71. The summed E-state index contributed by atoms with van der Waals surface area (Å²) in [5.41, 5.74) is 1.33. The molecule has 0 heterocycles. The van der Waals surface area contributed by atoms with Crippen molar-refractivity contribution in [3.05, 3.63) is 54.1 Å². The summed E-state index contributed by atoms with van der Waals surface area (Å²) in [6.45, 7) is 4.65. The normalized spacial score (nSPS) is 12.8. The molecule has 0 bridgehead atoms. The standard InChI is InChI=1S/C20H24F2N2O4S/c1-4-24(14(2)15-6-5-7-17(12-15)28-3)13-19(25)23-16-8-10-18(11-9-16)29(26,27)20(21)22/h5-12,14,20H,4,13H2,1-3H3,(H,23,25)/t14-/m1/s1. The van der Waals surface area contributed by atoms with Crippen LogP contribution >= 0.6 is 0 Å². The lowest BCUT2D eigenvalue weighted by molar-refractivity contribution is -0.117. The van der Waals surface area contributed by atoms with Gasteiger partial charge in [-0.25, -0.2) is 8.42 Å². The molecule has 2 aromatic rings. The van der Waals surface area contributed by atoms with Crippen LogP contribution in [-0.4, -0.2) is 45.2 Å². The predicted molar refractivity (Wildman–Crippen MR) is 107 cm³/mol. The van der Waals surface area contributed by atoms with Gasteiger partial charge in [0.15, 0.2) is 0 Å². The summed E-state index contributed by atoms with van der Waals surface area (Å²) in [5.74, 6) is -3.06. The second-order valence-corrected chi connectivity index (χ2v) is 8.31. The van der Waals surface area contributed by atoms with Crippen molar-refractivity contribution in [1.29, 1.82) is 0 Å². The van der Waals surface area contributed by atoms with Gasteiger partial charge in [-0.2, -0.15) is 8.78 Å². The molecule has 0 unspecified atom stereocenters. The van der Waals surface area contributed by atoms with E-state index in [9.17, 15) is 22.0 Å². The van der Waals surface area contributed by atoms with Crippen molar-refractivity contribution in [1.82, 2.24) is 4.90 Å². The van der Waals surface area contributed by atoms with Crippen LogP contribution in [0, 0.1) is 0 Å². The maximum atomic E-state index is 12.6. The molecule has 6 nitrogen and oxygen atoms in total. The highest BCUT2D eigenvalue weighted by Crippen LogP contribution is 2.24. The summed E-state index contributed by atoms with van der Waals surface area (Å²) >= 11 is 0. The summed E-state index contributed by atoms with van der Waals surface area (Å²) in [5, 5.41) is 2.66. The number of likely N-dealkylation sites (N-methyl/N-ethyl adjacent to an activating group) is 1. The van der Waals surface area contributed by atoms with Gasteiger partial charge in [-0.15, -0.1) is 0 Å². The van der Waals surface area contributed by atoms with Crippen molar-refractivity contribution in [2.75, 3.05) is 25.5 Å². The summed E-state index contributed by atoms with van der Waals surface area (Å²) in [4.78, 5) is 13.9. The lowest BCUT2D eigenvalue weighted by Gasteiger charge is -2.27. The SMILES string of the molecule is CCN(CC(=O)Nc1ccc(S(=O)(=O)C(F)F)cc1)[C@H](C)c1cccc(OC)c1. The van der Waals surface area contributed by atoms with Gasteiger partial charge in [0.05, 0.1) is 18.6 Å². The molecule has 2 rings (SSSR count). The zero-order valence-corrected chi connectivity index (χ0v) is 17.2. The van der Waals surface area contributed by atoms with Crippen molar-refractivity contribution >= 4 is 21.4 Å². The third-order valence-electron chi connectivity index (χ3n) is 4.58. The van der Waals surface area contributed by atoms with E-state index in [0.717, 1.165) is 23.4 Å². The first-order valence-corrected chi connectivity index (χ1v) is 10.5. The van der Waals surface area contributed by atoms with E-state index in [-0.39, 0.29) is 18.5 Å². The van der Waals surface area contributed by atoms with Crippen molar-refractivity contribution in [2.45, 2.75) is 30.5 Å². The average molecular weight is 426 g/mol. The van der Waals surface area contributed by atoms with Crippen LogP contribution in [0.3, 0.4) is 0 Å². The second kappa shape index (κ2) is 9.80. The predicted octanol–water partition coefficient (Wildman–Crippen LogP) is 3.71. The highest BCUT2D eigenvalue weighted by molar-refractivity contribution is 7.91. The molecule has 0 saturated heterocycles. The molecule has 1 atom stereocenters. The Balaban J connectivity index is 2.04. The number of halogens is 2. The third-order valence-corrected chi connectivity index (χ3v) is 5.98. The van der Waals surface area contributed by atoms with Gasteiger partial charge in [-0.3, -0.25) is 9.69 Å². The van der Waals surface area contributed by atoms with Gasteiger partial charge < -0.3 is 10.1 Å². The number of ether oxygens (including phenoxy) is 1. The van der Waals surface area contributed by atoms with Gasteiger partial charge in [0.25, 0.3) is 0 Å². The number of nitrogens with one attached hydrogen (secondary N) is 1. The summed E-state index contributed by atoms with van der Waals surface area (Å²) < 4.78 is 53.3. The summed E-state index contributed by atoms with van der Waals surface area (Å²) in [7, 11) is -3.07. The van der Waals surface area contributed by atoms with Crippen LogP contribution in [0.2, 0.25) is 0 Å². The first-order chi connectivity index (χ1) is 13.7. The largest absolute Gasteiger partial charge is 0.497 e. The molecule has 9 heteroatoms. The van der Waals surface area contributed by atoms with Crippen LogP contribution in [0.4, 0.5) is 14.5 Å². The Hall–Kier alpha value is -2.52. The number of nitrogens with zero attached hydrogens (tertiary/aromatic N) is 1. The van der Waals surface area contributed by atoms with E-state index >= 15 is 0 Å². The minimum absolute atomic E-state index is 0.0422. The van der Waals surface area contributed by atoms with Gasteiger partial charge in [-0.05, 0) is 55.4 Å². The minimum Gasteiger partial charge on any atom is -0.497 e. The molecular weight excluding hydrogens is 402 g/mol. The fraction of sp³-hybridized carbons (Fsp3) is 0.350. The molecule has 1 amide bonds. The van der Waals surface area contributed by atoms with E-state index in [1.165, 1.54) is 12.1 Å². The molecule has 158 valence electrons. The van der Waals surface area contributed by atoms with Crippen LogP contribution in [0.5, 0.6) is 5.75 Å². The molecule has 29 heavy (non-hydrogen) atoms. The van der Waals surface area contributed by atoms with E-state index in [2.05, 4.69) is 5.32 Å². The highest BCUT2D eigenvalue weighted by atomic mass is 32.2. The Morgan fingerprint density at radius 2 is 1.83 bits per heavy atom. The van der Waals surface area contributed by atoms with E-state index in [1.807, 2.05) is 43.0 Å². The van der Waals surface area contributed by atoms with Gasteiger partial charge >= 0.3 is 5.76 Å². The number of anilines is 1. The highest BCUT2D eigenvalue weighted by Gasteiger charge is 2.26. The molecule has 0 aromatic heterocycles. The molecule has 0 aliphatic rings. The van der Waals surface area contributed by atoms with Crippen molar-refractivity contribution in [2.24, 2.45) is 0 Å². The number of hydrogen-bond acceptors (Lipinski definition) is 5. The fourth-order valence-corrected chi connectivity index (χ4v) is 3.57. The number of alkyl halides is 2. The van der Waals surface area contributed by atoms with Gasteiger partial charge in [0.1, 0.15) is 5.75 Å². The molecule has 0 fully saturated rings.